The van der Waals surface area contributed by atoms with Crippen LogP contribution in [0.5, 0.6) is 0 Å². The summed E-state index contributed by atoms with van der Waals surface area (Å²) < 4.78 is 5.09. The number of ketones is 1. The molecule has 1 aliphatic carbocycles. The SMILES string of the molecule is CCOC(=O)C1=C(c2ccc(C)cc2)c2ccccc2C1=O. The second-order valence-corrected chi connectivity index (χ2v) is 5.21. The van der Waals surface area contributed by atoms with Crippen molar-refractivity contribution < 1.29 is 14.3 Å². The molecule has 1 aliphatic rings. The Labute approximate surface area is 129 Å². The molecule has 2 aromatic rings. The number of Topliss-reactive ketones (excluding diaryl/α,β-unsaturated/α-hetero) is 1. The smallest absolute Gasteiger partial charge is 0.342 e. The van der Waals surface area contributed by atoms with Gasteiger partial charge >= 0.3 is 5.97 Å². The van der Waals surface area contributed by atoms with E-state index in [1.54, 1.807) is 19.1 Å². The Morgan fingerprint density at radius 3 is 2.27 bits per heavy atom. The number of carbonyl (C=O) groups excluding carboxylic acids is 2. The Morgan fingerprint density at radius 2 is 1.64 bits per heavy atom. The van der Waals surface area contributed by atoms with Crippen LogP contribution in [0.4, 0.5) is 0 Å². The molecule has 0 N–H and O–H groups in total. The van der Waals surface area contributed by atoms with Gasteiger partial charge in [-0.1, -0.05) is 54.1 Å². The third kappa shape index (κ3) is 2.25. The summed E-state index contributed by atoms with van der Waals surface area (Å²) >= 11 is 0. The van der Waals surface area contributed by atoms with Gasteiger partial charge in [0.1, 0.15) is 5.57 Å². The topological polar surface area (TPSA) is 43.4 Å². The van der Waals surface area contributed by atoms with Gasteiger partial charge in [-0.2, -0.15) is 0 Å². The van der Waals surface area contributed by atoms with Gasteiger partial charge in [-0.15, -0.1) is 0 Å². The molecule has 0 spiro atoms. The summed E-state index contributed by atoms with van der Waals surface area (Å²) in [5.74, 6) is -0.816. The fourth-order valence-electron chi connectivity index (χ4n) is 2.70. The normalized spacial score (nSPS) is 13.3. The summed E-state index contributed by atoms with van der Waals surface area (Å²) in [7, 11) is 0. The van der Waals surface area contributed by atoms with Gasteiger partial charge in [0.25, 0.3) is 0 Å². The highest BCUT2D eigenvalue weighted by Gasteiger charge is 2.35. The number of esters is 1. The molecule has 3 nitrogen and oxygen atoms in total. The summed E-state index contributed by atoms with van der Waals surface area (Å²) in [6, 6.07) is 15.1. The molecule has 0 aromatic heterocycles. The zero-order valence-electron chi connectivity index (χ0n) is 12.6. The monoisotopic (exact) mass is 292 g/mol. The number of benzene rings is 2. The van der Waals surface area contributed by atoms with Gasteiger partial charge in [-0.05, 0) is 25.0 Å². The molecule has 0 unspecified atom stereocenters. The van der Waals surface area contributed by atoms with Crippen LogP contribution < -0.4 is 0 Å². The molecule has 2 aromatic carbocycles. The van der Waals surface area contributed by atoms with Gasteiger partial charge in [-0.3, -0.25) is 4.79 Å². The lowest BCUT2D eigenvalue weighted by Crippen LogP contribution is -2.14. The van der Waals surface area contributed by atoms with Crippen LogP contribution >= 0.6 is 0 Å². The van der Waals surface area contributed by atoms with Crippen molar-refractivity contribution in [2.45, 2.75) is 13.8 Å². The highest BCUT2D eigenvalue weighted by molar-refractivity contribution is 6.35. The van der Waals surface area contributed by atoms with Crippen LogP contribution in [0.25, 0.3) is 5.57 Å². The molecule has 3 rings (SSSR count). The number of rotatable bonds is 3. The molecule has 0 amide bonds. The lowest BCUT2D eigenvalue weighted by molar-refractivity contribution is -0.137. The van der Waals surface area contributed by atoms with E-state index in [1.807, 2.05) is 43.3 Å². The number of aryl methyl sites for hydroxylation is 1. The predicted octanol–water partition coefficient (Wildman–Crippen LogP) is 3.56. The summed E-state index contributed by atoms with van der Waals surface area (Å²) in [4.78, 5) is 24.9. The van der Waals surface area contributed by atoms with E-state index in [4.69, 9.17) is 4.74 Å². The molecule has 0 atom stereocenters. The lowest BCUT2D eigenvalue weighted by atomic mass is 9.97. The molecule has 110 valence electrons. The minimum Gasteiger partial charge on any atom is -0.462 e. The number of fused-ring (bicyclic) bond motifs is 1. The molecular formula is C19H16O3. The van der Waals surface area contributed by atoms with Gasteiger partial charge < -0.3 is 4.74 Å². The summed E-state index contributed by atoms with van der Waals surface area (Å²) in [5.41, 5.74) is 4.12. The standard InChI is InChI=1S/C19H16O3/c1-3-22-19(21)17-16(13-10-8-12(2)9-11-13)14-6-4-5-7-15(14)18(17)20/h4-11H,3H2,1-2H3. The first-order valence-corrected chi connectivity index (χ1v) is 7.26. The van der Waals surface area contributed by atoms with Crippen molar-refractivity contribution >= 4 is 17.3 Å². The Bertz CT molecular complexity index is 783. The first-order chi connectivity index (χ1) is 10.6. The molecule has 0 bridgehead atoms. The number of hydrogen-bond donors (Lipinski definition) is 0. The molecule has 0 aliphatic heterocycles. The fraction of sp³-hybridized carbons (Fsp3) is 0.158. The first-order valence-electron chi connectivity index (χ1n) is 7.26. The molecule has 0 saturated heterocycles. The maximum atomic E-state index is 12.6. The average Bonchev–Trinajstić information content (AvgIpc) is 2.82. The Morgan fingerprint density at radius 1 is 1.00 bits per heavy atom. The van der Waals surface area contributed by atoms with Gasteiger partial charge in [0.2, 0.25) is 5.78 Å². The molecule has 0 radical (unpaired) electrons. The molecule has 0 heterocycles. The third-order valence-corrected chi connectivity index (χ3v) is 3.74. The van der Waals surface area contributed by atoms with Gasteiger partial charge in [0.05, 0.1) is 6.61 Å². The van der Waals surface area contributed by atoms with Crippen LogP contribution in [0, 0.1) is 6.92 Å². The summed E-state index contributed by atoms with van der Waals surface area (Å²) in [6.07, 6.45) is 0. The van der Waals surface area contributed by atoms with Crippen molar-refractivity contribution in [3.05, 3.63) is 76.4 Å². The third-order valence-electron chi connectivity index (χ3n) is 3.74. The van der Waals surface area contributed by atoms with Crippen molar-refractivity contribution in [1.82, 2.24) is 0 Å². The number of carbonyl (C=O) groups is 2. The minimum absolute atomic E-state index is 0.131. The number of hydrogen-bond acceptors (Lipinski definition) is 3. The maximum absolute atomic E-state index is 12.6. The maximum Gasteiger partial charge on any atom is 0.342 e. The molecule has 0 fully saturated rings. The summed E-state index contributed by atoms with van der Waals surface area (Å²) in [5, 5.41) is 0. The Hall–Kier alpha value is -2.68. The van der Waals surface area contributed by atoms with Crippen LogP contribution in [-0.2, 0) is 9.53 Å². The average molecular weight is 292 g/mol. The first kappa shape index (κ1) is 14.3. The van der Waals surface area contributed by atoms with Crippen molar-refractivity contribution in [2.24, 2.45) is 0 Å². The van der Waals surface area contributed by atoms with Gasteiger partial charge in [-0.25, -0.2) is 4.79 Å². The quantitative estimate of drug-likeness (QED) is 0.642. The molecular weight excluding hydrogens is 276 g/mol. The van der Waals surface area contributed by atoms with Gasteiger partial charge in [0, 0.05) is 11.1 Å². The highest BCUT2D eigenvalue weighted by atomic mass is 16.5. The van der Waals surface area contributed by atoms with Crippen LogP contribution in [0.1, 0.15) is 34.0 Å². The Kier molecular flexibility index (Phi) is 3.63. The van der Waals surface area contributed by atoms with Crippen molar-refractivity contribution in [2.75, 3.05) is 6.61 Å². The lowest BCUT2D eigenvalue weighted by Gasteiger charge is -2.08. The molecule has 0 saturated carbocycles. The largest absolute Gasteiger partial charge is 0.462 e. The predicted molar refractivity (Wildman–Crippen MR) is 84.6 cm³/mol. The van der Waals surface area contributed by atoms with Crippen molar-refractivity contribution in [3.63, 3.8) is 0 Å². The zero-order chi connectivity index (χ0) is 15.7. The van der Waals surface area contributed by atoms with E-state index in [1.165, 1.54) is 0 Å². The Balaban J connectivity index is 2.23. The summed E-state index contributed by atoms with van der Waals surface area (Å²) in [6.45, 7) is 3.97. The van der Waals surface area contributed by atoms with E-state index in [2.05, 4.69) is 0 Å². The van der Waals surface area contributed by atoms with Crippen LogP contribution in [0.2, 0.25) is 0 Å². The molecule has 22 heavy (non-hydrogen) atoms. The van der Waals surface area contributed by atoms with Crippen LogP contribution in [0.15, 0.2) is 54.1 Å². The van der Waals surface area contributed by atoms with E-state index in [0.717, 1.165) is 16.7 Å². The highest BCUT2D eigenvalue weighted by Crippen LogP contribution is 2.37. The number of ether oxygens (including phenoxy) is 1. The van der Waals surface area contributed by atoms with E-state index in [9.17, 15) is 9.59 Å². The van der Waals surface area contributed by atoms with Gasteiger partial charge in [0.15, 0.2) is 0 Å². The second-order valence-electron chi connectivity index (χ2n) is 5.21. The fourth-order valence-corrected chi connectivity index (χ4v) is 2.70. The van der Waals surface area contributed by atoms with Crippen molar-refractivity contribution in [3.8, 4) is 0 Å². The van der Waals surface area contributed by atoms with Crippen LogP contribution in [0.3, 0.4) is 0 Å². The van der Waals surface area contributed by atoms with Crippen LogP contribution in [-0.4, -0.2) is 18.4 Å². The van der Waals surface area contributed by atoms with E-state index < -0.39 is 5.97 Å². The minimum atomic E-state index is -0.556. The van der Waals surface area contributed by atoms with E-state index in [0.29, 0.717) is 11.1 Å². The van der Waals surface area contributed by atoms with E-state index >= 15 is 0 Å². The van der Waals surface area contributed by atoms with E-state index in [-0.39, 0.29) is 18.0 Å². The molecule has 3 heteroatoms. The second kappa shape index (κ2) is 5.60. The van der Waals surface area contributed by atoms with Crippen molar-refractivity contribution in [1.29, 1.82) is 0 Å². The zero-order valence-corrected chi connectivity index (χ0v) is 12.6.